The maximum absolute atomic E-state index is 13.2. The molecule has 0 saturated heterocycles. The van der Waals surface area contributed by atoms with Crippen LogP contribution in [-0.4, -0.2) is 21.8 Å². The quantitative estimate of drug-likeness (QED) is 0.879. The minimum Gasteiger partial charge on any atom is -0.385 e. The number of aliphatic hydroxyl groups is 1. The van der Waals surface area contributed by atoms with Crippen LogP contribution < -0.4 is 5.32 Å². The van der Waals surface area contributed by atoms with Gasteiger partial charge >= 0.3 is 6.18 Å². The van der Waals surface area contributed by atoms with E-state index in [-0.39, 0.29) is 5.56 Å². The summed E-state index contributed by atoms with van der Waals surface area (Å²) < 4.78 is 41.2. The normalized spacial score (nSPS) is 15.6. The summed E-state index contributed by atoms with van der Waals surface area (Å²) in [6.45, 7) is 1.40. The first kappa shape index (κ1) is 18.1. The smallest absolute Gasteiger partial charge is 0.385 e. The minimum absolute atomic E-state index is 0.0577. The first-order valence-electron chi connectivity index (χ1n) is 7.35. The van der Waals surface area contributed by atoms with Crippen molar-refractivity contribution < 1.29 is 23.1 Å². The third-order valence-electron chi connectivity index (χ3n) is 3.72. The number of halogens is 3. The van der Waals surface area contributed by atoms with Gasteiger partial charge in [-0.05, 0) is 18.6 Å². The molecule has 0 spiro atoms. The van der Waals surface area contributed by atoms with E-state index in [1.165, 1.54) is 30.0 Å². The average molecular weight is 340 g/mol. The molecule has 0 radical (unpaired) electrons. The lowest BCUT2D eigenvalue weighted by Gasteiger charge is -2.26. The molecular formula is C17H19F3N2O2. The predicted octanol–water partition coefficient (Wildman–Crippen LogP) is 3.04. The molecule has 0 unspecified atom stereocenters. The molecule has 2 aromatic rings. The van der Waals surface area contributed by atoms with Crippen molar-refractivity contribution in [1.82, 2.24) is 9.88 Å². The van der Waals surface area contributed by atoms with Gasteiger partial charge in [0.05, 0.1) is 12.0 Å². The number of amides is 1. The Hall–Kier alpha value is -2.28. The van der Waals surface area contributed by atoms with Gasteiger partial charge in [0.2, 0.25) is 5.91 Å². The molecule has 0 fully saturated rings. The highest BCUT2D eigenvalue weighted by Gasteiger charge is 2.43. The number of aromatic nitrogens is 1. The molecule has 2 N–H and O–H groups in total. The van der Waals surface area contributed by atoms with Crippen LogP contribution in [0.4, 0.5) is 13.2 Å². The van der Waals surface area contributed by atoms with E-state index < -0.39 is 30.1 Å². The fraction of sp³-hybridized carbons (Fsp3) is 0.353. The first-order valence-corrected chi connectivity index (χ1v) is 7.35. The maximum Gasteiger partial charge on any atom is 0.412 e. The average Bonchev–Trinajstić information content (AvgIpc) is 2.90. The fourth-order valence-electron chi connectivity index (χ4n) is 2.47. The number of alkyl halides is 3. The van der Waals surface area contributed by atoms with Gasteiger partial charge in [-0.3, -0.25) is 4.79 Å². The van der Waals surface area contributed by atoms with Gasteiger partial charge in [-0.1, -0.05) is 30.3 Å². The van der Waals surface area contributed by atoms with Gasteiger partial charge in [0, 0.05) is 25.0 Å². The summed E-state index contributed by atoms with van der Waals surface area (Å²) in [5, 5.41) is 12.4. The largest absolute Gasteiger partial charge is 0.412 e. The number of carbonyl (C=O) groups is 1. The van der Waals surface area contributed by atoms with Crippen molar-refractivity contribution in [3.05, 3.63) is 59.9 Å². The van der Waals surface area contributed by atoms with Crippen LogP contribution in [0.25, 0.3) is 0 Å². The van der Waals surface area contributed by atoms with E-state index in [4.69, 9.17) is 0 Å². The van der Waals surface area contributed by atoms with Gasteiger partial charge in [-0.15, -0.1) is 0 Å². The Kier molecular flexibility index (Phi) is 5.03. The Balaban J connectivity index is 2.14. The van der Waals surface area contributed by atoms with E-state index in [0.717, 1.165) is 0 Å². The van der Waals surface area contributed by atoms with E-state index in [2.05, 4.69) is 0 Å². The van der Waals surface area contributed by atoms with Crippen LogP contribution in [0.5, 0.6) is 0 Å². The number of nitrogens with one attached hydrogen (secondary N) is 1. The molecule has 1 amide bonds. The Labute approximate surface area is 137 Å². The molecule has 0 aliphatic rings. The lowest BCUT2D eigenvalue weighted by Crippen LogP contribution is -2.40. The minimum atomic E-state index is -4.63. The Morgan fingerprint density at radius 1 is 1.25 bits per heavy atom. The van der Waals surface area contributed by atoms with Crippen molar-refractivity contribution in [2.75, 3.05) is 0 Å². The Morgan fingerprint density at radius 3 is 2.38 bits per heavy atom. The molecule has 4 nitrogen and oxygen atoms in total. The van der Waals surface area contributed by atoms with E-state index in [1.54, 1.807) is 37.4 Å². The first-order chi connectivity index (χ1) is 11.1. The van der Waals surface area contributed by atoms with Crippen LogP contribution in [0.2, 0.25) is 0 Å². The molecule has 24 heavy (non-hydrogen) atoms. The zero-order valence-electron chi connectivity index (χ0n) is 13.3. The summed E-state index contributed by atoms with van der Waals surface area (Å²) in [7, 11) is 1.60. The second-order valence-electron chi connectivity index (χ2n) is 5.97. The lowest BCUT2D eigenvalue weighted by atomic mass is 9.92. The van der Waals surface area contributed by atoms with Crippen LogP contribution in [0.15, 0.2) is 48.8 Å². The summed E-state index contributed by atoms with van der Waals surface area (Å²) in [6, 6.07) is 7.53. The fourth-order valence-corrected chi connectivity index (χ4v) is 2.47. The highest BCUT2D eigenvalue weighted by Crippen LogP contribution is 2.33. The molecule has 1 aromatic heterocycles. The summed E-state index contributed by atoms with van der Waals surface area (Å²) in [5.41, 5.74) is -1.15. The zero-order valence-corrected chi connectivity index (χ0v) is 13.3. The second-order valence-corrected chi connectivity index (χ2v) is 5.97. The number of benzene rings is 1. The van der Waals surface area contributed by atoms with Crippen molar-refractivity contribution in [2.24, 2.45) is 7.05 Å². The summed E-state index contributed by atoms with van der Waals surface area (Å²) in [6.07, 6.45) is -2.33. The van der Waals surface area contributed by atoms with E-state index in [0.29, 0.717) is 5.56 Å². The SMILES string of the molecule is Cn1ccc([C@H](NC(=O)C[C@](C)(O)c2ccccc2)C(F)(F)F)c1. The molecule has 0 saturated carbocycles. The number of hydrogen-bond acceptors (Lipinski definition) is 2. The third kappa shape index (κ3) is 4.38. The van der Waals surface area contributed by atoms with Crippen molar-refractivity contribution >= 4 is 5.91 Å². The van der Waals surface area contributed by atoms with Gasteiger partial charge in [0.25, 0.3) is 0 Å². The van der Waals surface area contributed by atoms with E-state index in [1.807, 2.05) is 5.32 Å². The number of aryl methyl sites for hydroxylation is 1. The van der Waals surface area contributed by atoms with Gasteiger partial charge in [-0.2, -0.15) is 13.2 Å². The van der Waals surface area contributed by atoms with Gasteiger partial charge in [0.1, 0.15) is 0 Å². The zero-order chi connectivity index (χ0) is 18.0. The Bertz CT molecular complexity index is 693. The van der Waals surface area contributed by atoms with Crippen LogP contribution in [0.3, 0.4) is 0 Å². The summed E-state index contributed by atoms with van der Waals surface area (Å²) >= 11 is 0. The van der Waals surface area contributed by atoms with Crippen LogP contribution in [-0.2, 0) is 17.4 Å². The number of hydrogen-bond donors (Lipinski definition) is 2. The van der Waals surface area contributed by atoms with Crippen molar-refractivity contribution in [2.45, 2.75) is 31.2 Å². The summed E-state index contributed by atoms with van der Waals surface area (Å²) in [4.78, 5) is 12.1. The molecule has 7 heteroatoms. The Morgan fingerprint density at radius 2 is 1.88 bits per heavy atom. The molecule has 2 atom stereocenters. The molecule has 1 heterocycles. The number of nitrogens with zero attached hydrogens (tertiary/aromatic N) is 1. The highest BCUT2D eigenvalue weighted by molar-refractivity contribution is 5.77. The van der Waals surface area contributed by atoms with Crippen LogP contribution in [0, 0.1) is 0 Å². The molecular weight excluding hydrogens is 321 g/mol. The molecule has 0 aliphatic heterocycles. The van der Waals surface area contributed by atoms with Crippen molar-refractivity contribution in [3.63, 3.8) is 0 Å². The molecule has 130 valence electrons. The van der Waals surface area contributed by atoms with Crippen LogP contribution in [0.1, 0.15) is 30.5 Å². The molecule has 0 bridgehead atoms. The van der Waals surface area contributed by atoms with E-state index in [9.17, 15) is 23.1 Å². The van der Waals surface area contributed by atoms with Crippen LogP contribution >= 0.6 is 0 Å². The van der Waals surface area contributed by atoms with Gasteiger partial charge in [-0.25, -0.2) is 0 Å². The number of rotatable bonds is 5. The second kappa shape index (κ2) is 6.68. The highest BCUT2D eigenvalue weighted by atomic mass is 19.4. The van der Waals surface area contributed by atoms with E-state index >= 15 is 0 Å². The van der Waals surface area contributed by atoms with Crippen molar-refractivity contribution in [3.8, 4) is 0 Å². The number of carbonyl (C=O) groups excluding carboxylic acids is 1. The molecule has 2 rings (SSSR count). The lowest BCUT2D eigenvalue weighted by molar-refractivity contribution is -0.164. The monoisotopic (exact) mass is 340 g/mol. The van der Waals surface area contributed by atoms with Gasteiger partial charge < -0.3 is 15.0 Å². The third-order valence-corrected chi connectivity index (χ3v) is 3.72. The molecule has 1 aromatic carbocycles. The standard InChI is InChI=1S/C17H19F3N2O2/c1-16(24,13-6-4-3-5-7-13)10-14(23)21-15(17(18,19)20)12-8-9-22(2)11-12/h3-9,11,15,24H,10H2,1-2H3,(H,21,23)/t15-,16-/m0/s1. The maximum atomic E-state index is 13.2. The topological polar surface area (TPSA) is 54.3 Å². The van der Waals surface area contributed by atoms with Crippen molar-refractivity contribution in [1.29, 1.82) is 0 Å². The van der Waals surface area contributed by atoms with Gasteiger partial charge in [0.15, 0.2) is 6.04 Å². The predicted molar refractivity (Wildman–Crippen MR) is 83.0 cm³/mol. The molecule has 0 aliphatic carbocycles. The summed E-state index contributed by atoms with van der Waals surface area (Å²) in [5.74, 6) is -0.880.